The van der Waals surface area contributed by atoms with Crippen molar-refractivity contribution in [3.63, 3.8) is 0 Å². The molecule has 1 heterocycles. The van der Waals surface area contributed by atoms with Gasteiger partial charge in [-0.1, -0.05) is 29.3 Å². The zero-order valence-corrected chi connectivity index (χ0v) is 19.2. The van der Waals surface area contributed by atoms with E-state index in [2.05, 4.69) is 5.32 Å². The van der Waals surface area contributed by atoms with Gasteiger partial charge in [-0.2, -0.15) is 0 Å². The van der Waals surface area contributed by atoms with Crippen molar-refractivity contribution in [1.82, 2.24) is 0 Å². The van der Waals surface area contributed by atoms with Crippen LogP contribution in [0.2, 0.25) is 5.02 Å². The average Bonchev–Trinajstić information content (AvgIpc) is 3.18. The zero-order valence-electron chi connectivity index (χ0n) is 16.8. The summed E-state index contributed by atoms with van der Waals surface area (Å²) in [5.41, 5.74) is 2.16. The number of hydrogen-bond donors (Lipinski definition) is 1. The number of fused-ring (bicyclic) bond motifs is 1. The van der Waals surface area contributed by atoms with Crippen LogP contribution >= 0.6 is 22.9 Å². The van der Waals surface area contributed by atoms with Crippen LogP contribution in [0, 0.1) is 6.92 Å². The molecule has 5 nitrogen and oxygen atoms in total. The number of carbonyl (C=O) groups is 1. The van der Waals surface area contributed by atoms with Crippen molar-refractivity contribution in [2.75, 3.05) is 16.7 Å². The molecule has 3 aromatic carbocycles. The molecule has 8 heteroatoms. The number of rotatable bonds is 5. The number of amides is 1. The van der Waals surface area contributed by atoms with Gasteiger partial charge in [-0.15, -0.1) is 11.3 Å². The Kier molecular flexibility index (Phi) is 5.75. The lowest BCUT2D eigenvalue weighted by molar-refractivity contribution is 0.103. The molecule has 0 aliphatic heterocycles. The number of carbonyl (C=O) groups excluding carboxylic acids is 1. The third-order valence-corrected chi connectivity index (χ3v) is 8.04. The van der Waals surface area contributed by atoms with Gasteiger partial charge in [-0.3, -0.25) is 9.10 Å². The number of nitrogens with zero attached hydrogens (tertiary/aromatic N) is 1. The number of benzene rings is 3. The number of anilines is 2. The molecule has 0 aliphatic carbocycles. The van der Waals surface area contributed by atoms with Gasteiger partial charge >= 0.3 is 0 Å². The Hall–Kier alpha value is -2.87. The monoisotopic (exact) mass is 470 g/mol. The molecule has 0 aliphatic rings. The van der Waals surface area contributed by atoms with Crippen LogP contribution in [-0.2, 0) is 10.0 Å². The quantitative estimate of drug-likeness (QED) is 0.392. The molecule has 158 valence electrons. The van der Waals surface area contributed by atoms with E-state index in [1.807, 2.05) is 13.0 Å². The van der Waals surface area contributed by atoms with E-state index < -0.39 is 10.0 Å². The third kappa shape index (κ3) is 4.44. The normalized spacial score (nSPS) is 11.5. The van der Waals surface area contributed by atoms with Crippen LogP contribution in [0.1, 0.15) is 15.2 Å². The molecule has 4 aromatic rings. The maximum absolute atomic E-state index is 13.0. The minimum atomic E-state index is -3.68. The van der Waals surface area contributed by atoms with Gasteiger partial charge in [-0.25, -0.2) is 8.42 Å². The van der Waals surface area contributed by atoms with E-state index in [-0.39, 0.29) is 10.8 Å². The van der Waals surface area contributed by atoms with E-state index in [1.165, 1.54) is 22.7 Å². The van der Waals surface area contributed by atoms with Crippen molar-refractivity contribution in [1.29, 1.82) is 0 Å². The summed E-state index contributed by atoms with van der Waals surface area (Å²) in [5.74, 6) is -0.231. The van der Waals surface area contributed by atoms with Gasteiger partial charge in [0.15, 0.2) is 0 Å². The molecule has 1 aromatic heterocycles. The maximum Gasteiger partial charge on any atom is 0.265 e. The molecular weight excluding hydrogens is 452 g/mol. The highest BCUT2D eigenvalue weighted by Gasteiger charge is 2.22. The van der Waals surface area contributed by atoms with Crippen LogP contribution in [0.4, 0.5) is 11.4 Å². The lowest BCUT2D eigenvalue weighted by Gasteiger charge is -2.19. The molecule has 1 N–H and O–H groups in total. The molecule has 0 unspecified atom stereocenters. The van der Waals surface area contributed by atoms with Crippen molar-refractivity contribution in [2.24, 2.45) is 0 Å². The second-order valence-corrected chi connectivity index (χ2v) is 10.6. The summed E-state index contributed by atoms with van der Waals surface area (Å²) < 4.78 is 28.1. The lowest BCUT2D eigenvalue weighted by Crippen LogP contribution is -2.26. The van der Waals surface area contributed by atoms with Crippen molar-refractivity contribution >= 4 is 60.3 Å². The number of nitrogens with one attached hydrogen (secondary N) is 1. The fraction of sp³-hybridized carbons (Fsp3) is 0.0870. The van der Waals surface area contributed by atoms with Gasteiger partial charge in [-0.05, 0) is 73.0 Å². The fourth-order valence-electron chi connectivity index (χ4n) is 3.07. The lowest BCUT2D eigenvalue weighted by atomic mass is 10.2. The van der Waals surface area contributed by atoms with Crippen LogP contribution in [0.15, 0.2) is 77.7 Å². The van der Waals surface area contributed by atoms with Gasteiger partial charge in [0, 0.05) is 22.5 Å². The second-order valence-electron chi connectivity index (χ2n) is 7.08. The Balaban J connectivity index is 1.60. The summed E-state index contributed by atoms with van der Waals surface area (Å²) in [5, 5.41) is 4.24. The summed E-state index contributed by atoms with van der Waals surface area (Å²) in [6.07, 6.45) is 0. The molecule has 0 fully saturated rings. The minimum Gasteiger partial charge on any atom is -0.321 e. The SMILES string of the molecule is Cc1ccc(S(=O)(=O)N(C)c2ccc3sc(C(=O)Nc4ccc(Cl)cc4)cc3c2)cc1. The Morgan fingerprint density at radius 2 is 1.65 bits per heavy atom. The molecule has 0 saturated heterocycles. The molecule has 0 bridgehead atoms. The predicted molar refractivity (Wildman–Crippen MR) is 128 cm³/mol. The van der Waals surface area contributed by atoms with Crippen molar-refractivity contribution in [3.8, 4) is 0 Å². The van der Waals surface area contributed by atoms with Crippen LogP contribution in [0.5, 0.6) is 0 Å². The molecule has 0 atom stereocenters. The van der Waals surface area contributed by atoms with E-state index in [0.29, 0.717) is 21.3 Å². The highest BCUT2D eigenvalue weighted by Crippen LogP contribution is 2.31. The Labute approximate surface area is 189 Å². The topological polar surface area (TPSA) is 66.5 Å². The number of halogens is 1. The summed E-state index contributed by atoms with van der Waals surface area (Å²) in [7, 11) is -2.16. The Morgan fingerprint density at radius 3 is 2.32 bits per heavy atom. The van der Waals surface area contributed by atoms with E-state index in [4.69, 9.17) is 11.6 Å². The molecule has 0 spiro atoms. The standard InChI is InChI=1S/C23H19ClN2O3S2/c1-15-3-10-20(11-4-15)31(28,29)26(2)19-9-12-21-16(13-19)14-22(30-21)23(27)25-18-7-5-17(24)6-8-18/h3-14H,1-2H3,(H,25,27). The first-order valence-corrected chi connectivity index (χ1v) is 12.0. The van der Waals surface area contributed by atoms with Crippen LogP contribution in [-0.4, -0.2) is 21.4 Å². The summed E-state index contributed by atoms with van der Waals surface area (Å²) in [4.78, 5) is 13.4. The summed E-state index contributed by atoms with van der Waals surface area (Å²) >= 11 is 7.23. The fourth-order valence-corrected chi connectivity index (χ4v) is 5.32. The minimum absolute atomic E-state index is 0.231. The largest absolute Gasteiger partial charge is 0.321 e. The zero-order chi connectivity index (χ0) is 22.2. The molecule has 31 heavy (non-hydrogen) atoms. The number of hydrogen-bond acceptors (Lipinski definition) is 4. The number of sulfonamides is 1. The number of aryl methyl sites for hydroxylation is 1. The van der Waals surface area contributed by atoms with Gasteiger partial charge in [0.25, 0.3) is 15.9 Å². The van der Waals surface area contributed by atoms with Gasteiger partial charge < -0.3 is 5.32 Å². The smallest absolute Gasteiger partial charge is 0.265 e. The highest BCUT2D eigenvalue weighted by molar-refractivity contribution is 7.92. The van der Waals surface area contributed by atoms with E-state index in [9.17, 15) is 13.2 Å². The first-order chi connectivity index (χ1) is 14.7. The summed E-state index contributed by atoms with van der Waals surface area (Å²) in [6, 6.07) is 20.7. The van der Waals surface area contributed by atoms with E-state index >= 15 is 0 Å². The molecule has 1 amide bonds. The van der Waals surface area contributed by atoms with Crippen LogP contribution in [0.3, 0.4) is 0 Å². The van der Waals surface area contributed by atoms with Gasteiger partial charge in [0.2, 0.25) is 0 Å². The highest BCUT2D eigenvalue weighted by atomic mass is 35.5. The Bertz CT molecular complexity index is 1360. The summed E-state index contributed by atoms with van der Waals surface area (Å²) in [6.45, 7) is 1.91. The predicted octanol–water partition coefficient (Wildman–Crippen LogP) is 5.94. The van der Waals surface area contributed by atoms with Gasteiger partial charge in [0.1, 0.15) is 0 Å². The van der Waals surface area contributed by atoms with E-state index in [0.717, 1.165) is 15.6 Å². The second kappa shape index (κ2) is 8.34. The average molecular weight is 471 g/mol. The van der Waals surface area contributed by atoms with Crippen molar-refractivity contribution < 1.29 is 13.2 Å². The van der Waals surface area contributed by atoms with Crippen molar-refractivity contribution in [2.45, 2.75) is 11.8 Å². The molecule has 4 rings (SSSR count). The van der Waals surface area contributed by atoms with E-state index in [1.54, 1.807) is 66.7 Å². The maximum atomic E-state index is 13.0. The third-order valence-electron chi connectivity index (χ3n) is 4.87. The van der Waals surface area contributed by atoms with Crippen LogP contribution < -0.4 is 9.62 Å². The Morgan fingerprint density at radius 1 is 0.968 bits per heavy atom. The first kappa shape index (κ1) is 21.4. The molecule has 0 saturated carbocycles. The molecular formula is C23H19ClN2O3S2. The van der Waals surface area contributed by atoms with Crippen molar-refractivity contribution in [3.05, 3.63) is 88.3 Å². The van der Waals surface area contributed by atoms with Gasteiger partial charge in [0.05, 0.1) is 15.5 Å². The van der Waals surface area contributed by atoms with Crippen LogP contribution in [0.25, 0.3) is 10.1 Å². The first-order valence-electron chi connectivity index (χ1n) is 9.40. The number of thiophene rings is 1. The molecule has 0 radical (unpaired) electrons.